The summed E-state index contributed by atoms with van der Waals surface area (Å²) in [5.41, 5.74) is 0.731. The molecule has 0 bridgehead atoms. The Bertz CT molecular complexity index is 574. The van der Waals surface area contributed by atoms with Crippen molar-refractivity contribution in [2.24, 2.45) is 0 Å². The van der Waals surface area contributed by atoms with Gasteiger partial charge in [0.1, 0.15) is 5.69 Å². The van der Waals surface area contributed by atoms with E-state index < -0.39 is 0 Å². The van der Waals surface area contributed by atoms with Gasteiger partial charge in [0.2, 0.25) is 0 Å². The lowest BCUT2D eigenvalue weighted by Gasteiger charge is -2.14. The van der Waals surface area contributed by atoms with Crippen molar-refractivity contribution in [2.45, 2.75) is 25.7 Å². The first kappa shape index (κ1) is 12.8. The molecular weight excluding hydrogens is 276 g/mol. The maximum atomic E-state index is 11.8. The number of carbonyl (C=O) groups excluding carboxylic acids is 1. The molecule has 0 atom stereocenters. The van der Waals surface area contributed by atoms with Crippen LogP contribution < -0.4 is 4.90 Å². The van der Waals surface area contributed by atoms with Gasteiger partial charge in [-0.15, -0.1) is 22.7 Å². The van der Waals surface area contributed by atoms with Gasteiger partial charge in [-0.05, 0) is 30.7 Å². The third-order valence-electron chi connectivity index (χ3n) is 3.36. The second-order valence-corrected chi connectivity index (χ2v) is 6.89. The molecule has 1 aliphatic carbocycles. The Labute approximate surface area is 120 Å². The number of rotatable bonds is 4. The number of thiophene rings is 1. The zero-order chi connectivity index (χ0) is 13.2. The maximum Gasteiger partial charge on any atom is 0.185 e. The van der Waals surface area contributed by atoms with E-state index in [1.807, 2.05) is 0 Å². The molecule has 0 aliphatic heterocycles. The van der Waals surface area contributed by atoms with Crippen molar-refractivity contribution < 1.29 is 4.79 Å². The maximum absolute atomic E-state index is 11.8. The number of thiazole rings is 1. The van der Waals surface area contributed by atoms with E-state index in [9.17, 15) is 4.79 Å². The third kappa shape index (κ3) is 2.72. The first-order chi connectivity index (χ1) is 9.24. The lowest BCUT2D eigenvalue weighted by molar-refractivity contribution is 0.0968. The molecule has 0 radical (unpaired) electrons. The van der Waals surface area contributed by atoms with E-state index in [1.165, 1.54) is 9.75 Å². The standard InChI is InChI=1S/C14H16N2OS2/c1-16(8-7-10-4-3-9-18-10)14-15-13-11(17)5-2-6-12(13)19-14/h3-4,9H,2,5-8H2,1H3. The molecule has 5 heteroatoms. The van der Waals surface area contributed by atoms with E-state index in [0.717, 1.165) is 36.6 Å². The molecule has 0 saturated heterocycles. The van der Waals surface area contributed by atoms with Crippen LogP contribution in [-0.4, -0.2) is 24.4 Å². The molecule has 0 amide bonds. The number of fused-ring (bicyclic) bond motifs is 1. The van der Waals surface area contributed by atoms with Crippen molar-refractivity contribution in [1.82, 2.24) is 4.98 Å². The summed E-state index contributed by atoms with van der Waals surface area (Å²) in [5, 5.41) is 3.09. The first-order valence-electron chi connectivity index (χ1n) is 6.50. The van der Waals surface area contributed by atoms with Crippen LogP contribution in [0.3, 0.4) is 0 Å². The van der Waals surface area contributed by atoms with Gasteiger partial charge in [0.15, 0.2) is 10.9 Å². The molecule has 2 heterocycles. The second-order valence-electron chi connectivity index (χ2n) is 4.80. The molecule has 100 valence electrons. The average Bonchev–Trinajstić information content (AvgIpc) is 3.05. The summed E-state index contributed by atoms with van der Waals surface area (Å²) in [6, 6.07) is 4.25. The second kappa shape index (κ2) is 5.43. The van der Waals surface area contributed by atoms with Crippen molar-refractivity contribution in [3.63, 3.8) is 0 Å². The molecule has 0 aromatic carbocycles. The summed E-state index contributed by atoms with van der Waals surface area (Å²) in [6.07, 6.45) is 3.69. The van der Waals surface area contributed by atoms with Gasteiger partial charge in [-0.25, -0.2) is 4.98 Å². The number of Topliss-reactive ketones (excluding diaryl/α,β-unsaturated/α-hetero) is 1. The fraction of sp³-hybridized carbons (Fsp3) is 0.429. The number of ketones is 1. The Morgan fingerprint density at radius 2 is 2.32 bits per heavy atom. The molecule has 0 unspecified atom stereocenters. The van der Waals surface area contributed by atoms with E-state index in [1.54, 1.807) is 22.7 Å². The molecule has 0 N–H and O–H groups in total. The van der Waals surface area contributed by atoms with Crippen LogP contribution in [-0.2, 0) is 12.8 Å². The molecule has 0 spiro atoms. The van der Waals surface area contributed by atoms with Crippen molar-refractivity contribution >= 4 is 33.6 Å². The molecule has 19 heavy (non-hydrogen) atoms. The van der Waals surface area contributed by atoms with Gasteiger partial charge in [-0.2, -0.15) is 0 Å². The summed E-state index contributed by atoms with van der Waals surface area (Å²) in [7, 11) is 2.06. The summed E-state index contributed by atoms with van der Waals surface area (Å²) >= 11 is 3.47. The van der Waals surface area contributed by atoms with Gasteiger partial charge in [0, 0.05) is 29.8 Å². The van der Waals surface area contributed by atoms with Crippen LogP contribution in [0.15, 0.2) is 17.5 Å². The predicted octanol–water partition coefficient (Wildman–Crippen LogP) is 3.40. The molecule has 2 aromatic heterocycles. The van der Waals surface area contributed by atoms with Crippen molar-refractivity contribution in [1.29, 1.82) is 0 Å². The SMILES string of the molecule is CN(CCc1cccs1)c1nc2c(s1)CCCC2=O. The number of aromatic nitrogens is 1. The summed E-state index contributed by atoms with van der Waals surface area (Å²) in [5.74, 6) is 0.218. The van der Waals surface area contributed by atoms with Crippen LogP contribution in [0.2, 0.25) is 0 Å². The Morgan fingerprint density at radius 3 is 3.05 bits per heavy atom. The van der Waals surface area contributed by atoms with Gasteiger partial charge < -0.3 is 4.90 Å². The fourth-order valence-electron chi connectivity index (χ4n) is 2.25. The number of hydrogen-bond donors (Lipinski definition) is 0. The molecule has 3 nitrogen and oxygen atoms in total. The van der Waals surface area contributed by atoms with E-state index >= 15 is 0 Å². The lowest BCUT2D eigenvalue weighted by atomic mass is 10.0. The zero-order valence-corrected chi connectivity index (χ0v) is 12.5. The summed E-state index contributed by atoms with van der Waals surface area (Å²) < 4.78 is 0. The highest BCUT2D eigenvalue weighted by molar-refractivity contribution is 7.16. The van der Waals surface area contributed by atoms with Crippen LogP contribution in [0.4, 0.5) is 5.13 Å². The lowest BCUT2D eigenvalue weighted by Crippen LogP contribution is -2.20. The highest BCUT2D eigenvalue weighted by Crippen LogP contribution is 2.31. The number of likely N-dealkylation sites (N-methyl/N-ethyl adjacent to an activating group) is 1. The monoisotopic (exact) mass is 292 g/mol. The van der Waals surface area contributed by atoms with Gasteiger partial charge in [0.05, 0.1) is 0 Å². The first-order valence-corrected chi connectivity index (χ1v) is 8.20. The Hall–Kier alpha value is -1.20. The number of hydrogen-bond acceptors (Lipinski definition) is 5. The number of aryl methyl sites for hydroxylation is 1. The fourth-order valence-corrected chi connectivity index (χ4v) is 4.05. The Balaban J connectivity index is 1.70. The minimum absolute atomic E-state index is 0.218. The smallest absolute Gasteiger partial charge is 0.185 e. The minimum Gasteiger partial charge on any atom is -0.351 e. The number of anilines is 1. The largest absolute Gasteiger partial charge is 0.351 e. The van der Waals surface area contributed by atoms with Crippen molar-refractivity contribution in [3.05, 3.63) is 33.0 Å². The summed E-state index contributed by atoms with van der Waals surface area (Å²) in [6.45, 7) is 0.946. The topological polar surface area (TPSA) is 33.2 Å². The minimum atomic E-state index is 0.218. The molecule has 3 rings (SSSR count). The molecule has 0 saturated carbocycles. The van der Waals surface area contributed by atoms with Crippen LogP contribution in [0.1, 0.15) is 33.1 Å². The summed E-state index contributed by atoms with van der Waals surface area (Å²) in [4.78, 5) is 21.1. The quantitative estimate of drug-likeness (QED) is 0.866. The van der Waals surface area contributed by atoms with Gasteiger partial charge in [-0.1, -0.05) is 6.07 Å². The number of carbonyl (C=O) groups is 1. The molecular formula is C14H16N2OS2. The average molecular weight is 292 g/mol. The number of nitrogens with zero attached hydrogens (tertiary/aromatic N) is 2. The molecule has 0 fully saturated rings. The third-order valence-corrected chi connectivity index (χ3v) is 5.52. The normalized spacial score (nSPS) is 14.5. The van der Waals surface area contributed by atoms with Crippen LogP contribution in [0.25, 0.3) is 0 Å². The predicted molar refractivity (Wildman–Crippen MR) is 80.7 cm³/mol. The van der Waals surface area contributed by atoms with Crippen LogP contribution in [0, 0.1) is 0 Å². The van der Waals surface area contributed by atoms with E-state index in [0.29, 0.717) is 6.42 Å². The zero-order valence-electron chi connectivity index (χ0n) is 10.9. The highest BCUT2D eigenvalue weighted by Gasteiger charge is 2.23. The van der Waals surface area contributed by atoms with Gasteiger partial charge in [-0.3, -0.25) is 4.79 Å². The van der Waals surface area contributed by atoms with E-state index in [2.05, 4.69) is 34.4 Å². The Morgan fingerprint density at radius 1 is 1.42 bits per heavy atom. The van der Waals surface area contributed by atoms with E-state index in [4.69, 9.17) is 0 Å². The molecule has 1 aliphatic rings. The highest BCUT2D eigenvalue weighted by atomic mass is 32.1. The van der Waals surface area contributed by atoms with E-state index in [-0.39, 0.29) is 5.78 Å². The van der Waals surface area contributed by atoms with Crippen LogP contribution >= 0.6 is 22.7 Å². The molecule has 2 aromatic rings. The van der Waals surface area contributed by atoms with Crippen molar-refractivity contribution in [3.8, 4) is 0 Å². The Kier molecular flexibility index (Phi) is 3.66. The van der Waals surface area contributed by atoms with Gasteiger partial charge in [0.25, 0.3) is 0 Å². The van der Waals surface area contributed by atoms with Crippen LogP contribution in [0.5, 0.6) is 0 Å². The van der Waals surface area contributed by atoms with Crippen molar-refractivity contribution in [2.75, 3.05) is 18.5 Å². The van der Waals surface area contributed by atoms with Gasteiger partial charge >= 0.3 is 0 Å².